The molecule has 1 N–H and O–H groups in total. The average molecular weight is 441 g/mol. The van der Waals surface area contributed by atoms with Crippen LogP contribution in [0, 0.1) is 0 Å². The van der Waals surface area contributed by atoms with Crippen molar-refractivity contribution in [3.05, 3.63) is 69.7 Å². The van der Waals surface area contributed by atoms with E-state index in [1.165, 1.54) is 0 Å². The number of benzene rings is 2. The number of hydrogen-bond acceptors (Lipinski definition) is 3. The maximum absolute atomic E-state index is 13.3. The van der Waals surface area contributed by atoms with Crippen molar-refractivity contribution in [1.29, 1.82) is 0 Å². The number of anilines is 1. The summed E-state index contributed by atoms with van der Waals surface area (Å²) in [7, 11) is 0. The van der Waals surface area contributed by atoms with Crippen molar-refractivity contribution in [1.82, 2.24) is 14.5 Å². The molecule has 2 aromatic carbocycles. The molecule has 6 nitrogen and oxygen atoms in total. The van der Waals surface area contributed by atoms with Crippen molar-refractivity contribution >= 4 is 34.2 Å². The molecule has 31 heavy (non-hydrogen) atoms. The molecule has 1 atom stereocenters. The minimum absolute atomic E-state index is 0.0624. The zero-order chi connectivity index (χ0) is 22.4. The van der Waals surface area contributed by atoms with Gasteiger partial charge in [0.1, 0.15) is 5.82 Å². The van der Waals surface area contributed by atoms with E-state index in [-0.39, 0.29) is 17.6 Å². The number of para-hydroxylation sites is 1. The number of rotatable bonds is 8. The van der Waals surface area contributed by atoms with Crippen molar-refractivity contribution in [2.75, 3.05) is 11.9 Å². The Morgan fingerprint density at radius 2 is 1.90 bits per heavy atom. The van der Waals surface area contributed by atoms with Crippen LogP contribution in [0.5, 0.6) is 0 Å². The van der Waals surface area contributed by atoms with Crippen LogP contribution >= 0.6 is 11.6 Å². The molecule has 164 valence electrons. The summed E-state index contributed by atoms with van der Waals surface area (Å²) in [6, 6.07) is 13.9. The van der Waals surface area contributed by atoms with Gasteiger partial charge in [0, 0.05) is 23.8 Å². The highest BCUT2D eigenvalue weighted by Gasteiger charge is 2.28. The van der Waals surface area contributed by atoms with Crippen LogP contribution in [0.4, 0.5) is 10.5 Å². The topological polar surface area (TPSA) is 67.2 Å². The third-order valence-corrected chi connectivity index (χ3v) is 5.44. The molecule has 1 heterocycles. The summed E-state index contributed by atoms with van der Waals surface area (Å²) in [6.07, 6.45) is 2.22. The Kier molecular flexibility index (Phi) is 7.69. The average Bonchev–Trinajstić information content (AvgIpc) is 2.76. The lowest BCUT2D eigenvalue weighted by atomic mass is 10.1. The summed E-state index contributed by atoms with van der Waals surface area (Å²) in [6.45, 7) is 7.16. The molecule has 7 heteroatoms. The first-order valence-electron chi connectivity index (χ1n) is 10.8. The summed E-state index contributed by atoms with van der Waals surface area (Å²) in [5.41, 5.74) is 1.22. The minimum atomic E-state index is -0.331. The SMILES string of the molecule is CCCN(C(=O)Nc1cccc(Cl)c1)C(CC)c1nc2ccccc2c(=O)n1CCC. The lowest BCUT2D eigenvalue weighted by Crippen LogP contribution is -2.41. The van der Waals surface area contributed by atoms with Gasteiger partial charge in [0.25, 0.3) is 5.56 Å². The molecule has 3 aromatic rings. The summed E-state index contributed by atoms with van der Waals surface area (Å²) in [5.74, 6) is 0.628. The molecule has 0 saturated carbocycles. The quantitative estimate of drug-likeness (QED) is 0.477. The Hall–Kier alpha value is -2.86. The van der Waals surface area contributed by atoms with Crippen LogP contribution in [-0.4, -0.2) is 27.0 Å². The van der Waals surface area contributed by atoms with Gasteiger partial charge in [-0.05, 0) is 49.6 Å². The van der Waals surface area contributed by atoms with Crippen LogP contribution in [0.2, 0.25) is 5.02 Å². The molecule has 0 spiro atoms. The van der Waals surface area contributed by atoms with E-state index in [9.17, 15) is 9.59 Å². The second-order valence-corrected chi connectivity index (χ2v) is 7.94. The van der Waals surface area contributed by atoms with Crippen molar-refractivity contribution in [3.63, 3.8) is 0 Å². The van der Waals surface area contributed by atoms with Crippen molar-refractivity contribution in [2.24, 2.45) is 0 Å². The van der Waals surface area contributed by atoms with E-state index in [2.05, 4.69) is 5.32 Å². The molecule has 1 aromatic heterocycles. The van der Waals surface area contributed by atoms with E-state index < -0.39 is 0 Å². The van der Waals surface area contributed by atoms with E-state index in [4.69, 9.17) is 16.6 Å². The van der Waals surface area contributed by atoms with Crippen molar-refractivity contribution < 1.29 is 4.79 Å². The van der Waals surface area contributed by atoms with Crippen LogP contribution in [0.15, 0.2) is 53.3 Å². The van der Waals surface area contributed by atoms with E-state index in [0.717, 1.165) is 12.8 Å². The number of nitrogens with zero attached hydrogens (tertiary/aromatic N) is 3. The van der Waals surface area contributed by atoms with E-state index in [1.807, 2.05) is 39.0 Å². The molecule has 0 aliphatic rings. The summed E-state index contributed by atoms with van der Waals surface area (Å²) in [5, 5.41) is 4.10. The highest BCUT2D eigenvalue weighted by molar-refractivity contribution is 6.30. The maximum Gasteiger partial charge on any atom is 0.322 e. The van der Waals surface area contributed by atoms with Crippen molar-refractivity contribution in [3.8, 4) is 0 Å². The summed E-state index contributed by atoms with van der Waals surface area (Å²) in [4.78, 5) is 33.1. The Bertz CT molecular complexity index is 1110. The number of nitrogens with one attached hydrogen (secondary N) is 1. The van der Waals surface area contributed by atoms with Gasteiger partial charge in [-0.25, -0.2) is 9.78 Å². The first kappa shape index (κ1) is 22.8. The van der Waals surface area contributed by atoms with E-state index >= 15 is 0 Å². The number of urea groups is 1. The second kappa shape index (κ2) is 10.4. The summed E-state index contributed by atoms with van der Waals surface area (Å²) < 4.78 is 1.73. The Labute approximate surface area is 187 Å². The molecule has 0 radical (unpaired) electrons. The third kappa shape index (κ3) is 5.07. The molecule has 0 aliphatic carbocycles. The van der Waals surface area contributed by atoms with Gasteiger partial charge >= 0.3 is 6.03 Å². The van der Waals surface area contributed by atoms with Crippen LogP contribution in [0.3, 0.4) is 0 Å². The van der Waals surface area contributed by atoms with E-state index in [0.29, 0.717) is 46.9 Å². The number of aromatic nitrogens is 2. The number of hydrogen-bond donors (Lipinski definition) is 1. The number of fused-ring (bicyclic) bond motifs is 1. The first-order chi connectivity index (χ1) is 15.0. The monoisotopic (exact) mass is 440 g/mol. The lowest BCUT2D eigenvalue weighted by molar-refractivity contribution is 0.180. The zero-order valence-corrected chi connectivity index (χ0v) is 19.0. The Morgan fingerprint density at radius 1 is 1.13 bits per heavy atom. The van der Waals surface area contributed by atoms with Crippen LogP contribution in [0.1, 0.15) is 51.9 Å². The fraction of sp³-hybridized carbons (Fsp3) is 0.375. The largest absolute Gasteiger partial charge is 0.322 e. The molecule has 0 aliphatic heterocycles. The summed E-state index contributed by atoms with van der Waals surface area (Å²) >= 11 is 6.07. The normalized spacial score (nSPS) is 12.0. The highest BCUT2D eigenvalue weighted by Crippen LogP contribution is 2.26. The molecular formula is C24H29ClN4O2. The Morgan fingerprint density at radius 3 is 2.58 bits per heavy atom. The predicted octanol–water partition coefficient (Wildman–Crippen LogP) is 5.86. The van der Waals surface area contributed by atoms with Gasteiger partial charge in [-0.1, -0.05) is 50.6 Å². The first-order valence-corrected chi connectivity index (χ1v) is 11.2. The number of amides is 2. The fourth-order valence-electron chi connectivity index (χ4n) is 3.82. The van der Waals surface area contributed by atoms with Gasteiger partial charge in [0.15, 0.2) is 0 Å². The van der Waals surface area contributed by atoms with Gasteiger partial charge in [0.2, 0.25) is 0 Å². The fourth-order valence-corrected chi connectivity index (χ4v) is 4.01. The van der Waals surface area contributed by atoms with Crippen LogP contribution < -0.4 is 10.9 Å². The molecule has 0 fully saturated rings. The molecule has 0 bridgehead atoms. The molecule has 0 saturated heterocycles. The van der Waals surface area contributed by atoms with Crippen LogP contribution in [0.25, 0.3) is 10.9 Å². The molecular weight excluding hydrogens is 412 g/mol. The van der Waals surface area contributed by atoms with Gasteiger partial charge in [-0.3, -0.25) is 9.36 Å². The number of halogens is 1. The third-order valence-electron chi connectivity index (χ3n) is 5.20. The van der Waals surface area contributed by atoms with Crippen molar-refractivity contribution in [2.45, 2.75) is 52.6 Å². The molecule has 1 unspecified atom stereocenters. The second-order valence-electron chi connectivity index (χ2n) is 7.50. The number of carbonyl (C=O) groups excluding carboxylic acids is 1. The molecule has 2 amide bonds. The standard InChI is InChI=1S/C24H29ClN4O2/c1-4-14-28(24(31)26-18-11-9-10-17(25)16-18)21(6-3)22-27-20-13-8-7-12-19(20)23(30)29(22)15-5-2/h7-13,16,21H,4-6,14-15H2,1-3H3,(H,26,31). The van der Waals surface area contributed by atoms with Gasteiger partial charge in [0.05, 0.1) is 16.9 Å². The lowest BCUT2D eigenvalue weighted by Gasteiger charge is -2.32. The number of carbonyl (C=O) groups is 1. The molecule has 3 rings (SSSR count). The maximum atomic E-state index is 13.3. The van der Waals surface area contributed by atoms with Gasteiger partial charge in [-0.2, -0.15) is 0 Å². The highest BCUT2D eigenvalue weighted by atomic mass is 35.5. The smallest absolute Gasteiger partial charge is 0.314 e. The Balaban J connectivity index is 2.06. The van der Waals surface area contributed by atoms with E-state index in [1.54, 1.807) is 39.8 Å². The van der Waals surface area contributed by atoms with Crippen LogP contribution in [-0.2, 0) is 6.54 Å². The predicted molar refractivity (Wildman–Crippen MR) is 127 cm³/mol. The zero-order valence-electron chi connectivity index (χ0n) is 18.3. The van der Waals surface area contributed by atoms with Gasteiger partial charge < -0.3 is 10.2 Å². The minimum Gasteiger partial charge on any atom is -0.314 e. The van der Waals surface area contributed by atoms with Gasteiger partial charge in [-0.15, -0.1) is 0 Å².